The molecule has 0 aliphatic carbocycles. The maximum Gasteiger partial charge on any atom is 0.239 e. The molecule has 0 amide bonds. The van der Waals surface area contributed by atoms with Gasteiger partial charge in [-0.25, -0.2) is 4.98 Å². The maximum absolute atomic E-state index is 11.6. The summed E-state index contributed by atoms with van der Waals surface area (Å²) in [6, 6.07) is 3.57. The highest BCUT2D eigenvalue weighted by Crippen LogP contribution is 2.23. The van der Waals surface area contributed by atoms with Gasteiger partial charge in [0.05, 0.1) is 10.0 Å². The molecule has 2 nitrogen and oxygen atoms in total. The van der Waals surface area contributed by atoms with Crippen molar-refractivity contribution in [2.24, 2.45) is 0 Å². The van der Waals surface area contributed by atoms with E-state index < -0.39 is 0 Å². The van der Waals surface area contributed by atoms with E-state index >= 15 is 0 Å². The minimum atomic E-state index is -0.0546. The van der Waals surface area contributed by atoms with E-state index in [1.54, 1.807) is 17.8 Å². The van der Waals surface area contributed by atoms with Gasteiger partial charge in [0.15, 0.2) is 0 Å². The van der Waals surface area contributed by atoms with E-state index in [0.717, 1.165) is 16.5 Å². The summed E-state index contributed by atoms with van der Waals surface area (Å²) < 4.78 is 0. The molecule has 0 fully saturated rings. The van der Waals surface area contributed by atoms with E-state index in [4.69, 9.17) is 11.6 Å². The molecule has 0 aliphatic heterocycles. The van der Waals surface area contributed by atoms with Gasteiger partial charge in [0.25, 0.3) is 0 Å². The molecule has 0 saturated carbocycles. The number of nitrogens with zero attached hydrogens (tertiary/aromatic N) is 1. The highest BCUT2D eigenvalue weighted by molar-refractivity contribution is 8.14. The first-order valence-corrected chi connectivity index (χ1v) is 7.00. The van der Waals surface area contributed by atoms with Crippen LogP contribution >= 0.6 is 35.1 Å². The summed E-state index contributed by atoms with van der Waals surface area (Å²) in [4.78, 5) is 15.9. The number of halogens is 1. The van der Waals surface area contributed by atoms with Gasteiger partial charge in [-0.3, -0.25) is 4.79 Å². The van der Waals surface area contributed by atoms with Gasteiger partial charge in [0.1, 0.15) is 5.69 Å². The third-order valence-corrected chi connectivity index (χ3v) is 3.44. The summed E-state index contributed by atoms with van der Waals surface area (Å²) >= 11 is 8.75. The lowest BCUT2D eigenvalue weighted by Crippen LogP contribution is -2.00. The summed E-state index contributed by atoms with van der Waals surface area (Å²) in [5, 5.41) is 1.23. The molecule has 15 heavy (non-hydrogen) atoms. The molecule has 0 radical (unpaired) electrons. The van der Waals surface area contributed by atoms with Gasteiger partial charge in [0.2, 0.25) is 5.12 Å². The fourth-order valence-electron chi connectivity index (χ4n) is 0.995. The third kappa shape index (κ3) is 3.70. The molecule has 0 atom stereocenters. The van der Waals surface area contributed by atoms with Crippen LogP contribution in [0.2, 0.25) is 5.02 Å². The van der Waals surface area contributed by atoms with Crippen molar-refractivity contribution in [3.8, 4) is 0 Å². The van der Waals surface area contributed by atoms with Crippen LogP contribution in [0.1, 0.15) is 24.3 Å². The number of thioether (sulfide) groups is 2. The third-order valence-electron chi connectivity index (χ3n) is 1.58. The Balaban J connectivity index is 2.94. The van der Waals surface area contributed by atoms with Crippen molar-refractivity contribution < 1.29 is 4.79 Å². The van der Waals surface area contributed by atoms with Gasteiger partial charge in [-0.15, -0.1) is 11.8 Å². The van der Waals surface area contributed by atoms with Crippen molar-refractivity contribution in [3.05, 3.63) is 22.8 Å². The SMILES string of the molecule is CCSC(=O)c1nc(SCC)ccc1Cl. The molecule has 0 aliphatic rings. The molecule has 1 heterocycles. The standard InChI is InChI=1S/C10H12ClNOS2/c1-3-14-8-6-5-7(11)9(12-8)10(13)15-4-2/h5-6H,3-4H2,1-2H3. The number of carbonyl (C=O) groups excluding carboxylic acids is 1. The zero-order valence-corrected chi connectivity index (χ0v) is 11.0. The van der Waals surface area contributed by atoms with E-state index in [1.807, 2.05) is 19.9 Å². The molecule has 0 saturated heterocycles. The molecule has 5 heteroatoms. The largest absolute Gasteiger partial charge is 0.280 e. The Morgan fingerprint density at radius 3 is 2.73 bits per heavy atom. The maximum atomic E-state index is 11.6. The smallest absolute Gasteiger partial charge is 0.239 e. The summed E-state index contributed by atoms with van der Waals surface area (Å²) in [5.74, 6) is 1.67. The summed E-state index contributed by atoms with van der Waals surface area (Å²) in [6.45, 7) is 3.98. The number of hydrogen-bond acceptors (Lipinski definition) is 4. The number of aromatic nitrogens is 1. The van der Waals surface area contributed by atoms with Crippen LogP contribution in [0.4, 0.5) is 0 Å². The molecular weight excluding hydrogens is 250 g/mol. The minimum Gasteiger partial charge on any atom is -0.280 e. The van der Waals surface area contributed by atoms with Crippen LogP contribution in [0.5, 0.6) is 0 Å². The molecular formula is C10H12ClNOS2. The van der Waals surface area contributed by atoms with Crippen molar-refractivity contribution >= 4 is 40.2 Å². The second-order valence-corrected chi connectivity index (χ2v) is 5.56. The molecule has 1 rings (SSSR count). The van der Waals surface area contributed by atoms with Crippen LogP contribution in [-0.4, -0.2) is 21.6 Å². The summed E-state index contributed by atoms with van der Waals surface area (Å²) in [5.41, 5.74) is 0.377. The van der Waals surface area contributed by atoms with Crippen molar-refractivity contribution in [1.82, 2.24) is 4.98 Å². The highest BCUT2D eigenvalue weighted by Gasteiger charge is 2.12. The molecule has 1 aromatic rings. The second kappa shape index (κ2) is 6.40. The number of rotatable bonds is 4. The van der Waals surface area contributed by atoms with E-state index in [9.17, 15) is 4.79 Å². The normalized spacial score (nSPS) is 10.3. The molecule has 0 unspecified atom stereocenters. The molecule has 1 aromatic heterocycles. The Labute approximate surface area is 103 Å². The fourth-order valence-corrected chi connectivity index (χ4v) is 2.41. The van der Waals surface area contributed by atoms with Crippen LogP contribution in [0.3, 0.4) is 0 Å². The average Bonchev–Trinajstić information content (AvgIpc) is 2.21. The van der Waals surface area contributed by atoms with Crippen LogP contribution in [0, 0.1) is 0 Å². The molecule has 82 valence electrons. The Morgan fingerprint density at radius 1 is 1.40 bits per heavy atom. The van der Waals surface area contributed by atoms with Crippen molar-refractivity contribution in [3.63, 3.8) is 0 Å². The van der Waals surface area contributed by atoms with Crippen LogP contribution < -0.4 is 0 Å². The number of hydrogen-bond donors (Lipinski definition) is 0. The van der Waals surface area contributed by atoms with Crippen LogP contribution in [0.15, 0.2) is 17.2 Å². The lowest BCUT2D eigenvalue weighted by atomic mass is 10.4. The Bertz CT molecular complexity index is 357. The number of carbonyl (C=O) groups is 1. The first-order chi connectivity index (χ1) is 7.19. The quantitative estimate of drug-likeness (QED) is 0.773. The second-order valence-electron chi connectivity index (χ2n) is 2.63. The summed E-state index contributed by atoms with van der Waals surface area (Å²) in [7, 11) is 0. The van der Waals surface area contributed by atoms with Gasteiger partial charge >= 0.3 is 0 Å². The molecule has 0 spiro atoms. The zero-order chi connectivity index (χ0) is 11.3. The predicted molar refractivity (Wildman–Crippen MR) is 68.1 cm³/mol. The fraction of sp³-hybridized carbons (Fsp3) is 0.400. The van der Waals surface area contributed by atoms with Gasteiger partial charge < -0.3 is 0 Å². The monoisotopic (exact) mass is 261 g/mol. The Kier molecular flexibility index (Phi) is 5.50. The lowest BCUT2D eigenvalue weighted by molar-refractivity contribution is 0.108. The van der Waals surface area contributed by atoms with E-state index in [1.165, 1.54) is 11.8 Å². The lowest BCUT2D eigenvalue weighted by Gasteiger charge is -2.03. The van der Waals surface area contributed by atoms with Gasteiger partial charge in [-0.1, -0.05) is 37.2 Å². The summed E-state index contributed by atoms with van der Waals surface area (Å²) in [6.07, 6.45) is 0. The van der Waals surface area contributed by atoms with Crippen molar-refractivity contribution in [2.75, 3.05) is 11.5 Å². The molecule has 0 N–H and O–H groups in total. The van der Waals surface area contributed by atoms with Crippen LogP contribution in [-0.2, 0) is 0 Å². The van der Waals surface area contributed by atoms with Crippen LogP contribution in [0.25, 0.3) is 0 Å². The van der Waals surface area contributed by atoms with Gasteiger partial charge in [-0.05, 0) is 23.6 Å². The zero-order valence-electron chi connectivity index (χ0n) is 8.62. The molecule has 0 aromatic carbocycles. The number of pyridine rings is 1. The first kappa shape index (κ1) is 12.9. The van der Waals surface area contributed by atoms with E-state index in [2.05, 4.69) is 4.98 Å². The Hall–Kier alpha value is -0.190. The minimum absolute atomic E-state index is 0.0546. The first-order valence-electron chi connectivity index (χ1n) is 4.65. The molecule has 0 bridgehead atoms. The van der Waals surface area contributed by atoms with Crippen molar-refractivity contribution in [2.45, 2.75) is 18.9 Å². The predicted octanol–water partition coefficient (Wildman–Crippen LogP) is 3.74. The highest BCUT2D eigenvalue weighted by atomic mass is 35.5. The van der Waals surface area contributed by atoms with E-state index in [0.29, 0.717) is 10.7 Å². The van der Waals surface area contributed by atoms with Crippen molar-refractivity contribution in [1.29, 1.82) is 0 Å². The average molecular weight is 262 g/mol. The van der Waals surface area contributed by atoms with Gasteiger partial charge in [0, 0.05) is 0 Å². The Morgan fingerprint density at radius 2 is 2.13 bits per heavy atom. The van der Waals surface area contributed by atoms with Gasteiger partial charge in [-0.2, -0.15) is 0 Å². The van der Waals surface area contributed by atoms with E-state index in [-0.39, 0.29) is 5.12 Å². The topological polar surface area (TPSA) is 30.0 Å².